The van der Waals surface area contributed by atoms with Crippen molar-refractivity contribution in [2.45, 2.75) is 39.3 Å². The summed E-state index contributed by atoms with van der Waals surface area (Å²) in [5, 5.41) is 4.12. The molecule has 6 nitrogen and oxygen atoms in total. The van der Waals surface area contributed by atoms with Gasteiger partial charge in [-0.1, -0.05) is 6.92 Å². The highest BCUT2D eigenvalue weighted by Gasteiger charge is 2.17. The van der Waals surface area contributed by atoms with E-state index in [1.165, 1.54) is 0 Å². The maximum Gasteiger partial charge on any atom is 0.274 e. The van der Waals surface area contributed by atoms with Gasteiger partial charge in [-0.25, -0.2) is 5.84 Å². The molecule has 0 saturated heterocycles. The molecule has 0 aliphatic rings. The van der Waals surface area contributed by atoms with E-state index >= 15 is 0 Å². The average molecular weight is 226 g/mol. The van der Waals surface area contributed by atoms with Crippen molar-refractivity contribution >= 4 is 5.91 Å². The van der Waals surface area contributed by atoms with Gasteiger partial charge in [-0.15, -0.1) is 0 Å². The molecule has 1 atom stereocenters. The van der Waals surface area contributed by atoms with E-state index in [0.29, 0.717) is 12.2 Å². The second-order valence-corrected chi connectivity index (χ2v) is 3.77. The summed E-state index contributed by atoms with van der Waals surface area (Å²) in [6.45, 7) is 5.88. The lowest BCUT2D eigenvalue weighted by Gasteiger charge is -2.13. The number of nitrogens with two attached hydrogens (primary N) is 1. The topological polar surface area (TPSA) is 82.2 Å². The minimum atomic E-state index is -0.574. The van der Waals surface area contributed by atoms with E-state index < -0.39 is 6.10 Å². The molecule has 1 unspecified atom stereocenters. The van der Waals surface area contributed by atoms with Crippen LogP contribution in [-0.2, 0) is 4.79 Å². The zero-order chi connectivity index (χ0) is 12.1. The number of hydrogen-bond acceptors (Lipinski definition) is 4. The first-order valence-electron chi connectivity index (χ1n) is 5.29. The molecule has 1 rings (SSSR count). The largest absolute Gasteiger partial charge is 0.477 e. The van der Waals surface area contributed by atoms with Crippen molar-refractivity contribution in [3.63, 3.8) is 0 Å². The van der Waals surface area contributed by atoms with E-state index in [1.54, 1.807) is 17.1 Å². The highest BCUT2D eigenvalue weighted by Crippen LogP contribution is 2.15. The summed E-state index contributed by atoms with van der Waals surface area (Å²) in [7, 11) is 0. The molecule has 3 N–H and O–H groups in total. The van der Waals surface area contributed by atoms with Gasteiger partial charge in [0.15, 0.2) is 11.9 Å². The average Bonchev–Trinajstić information content (AvgIpc) is 2.73. The van der Waals surface area contributed by atoms with Gasteiger partial charge in [0.1, 0.15) is 0 Å². The van der Waals surface area contributed by atoms with Gasteiger partial charge in [-0.2, -0.15) is 5.10 Å². The van der Waals surface area contributed by atoms with Gasteiger partial charge in [0, 0.05) is 6.04 Å². The van der Waals surface area contributed by atoms with Crippen LogP contribution in [0.2, 0.25) is 0 Å². The minimum Gasteiger partial charge on any atom is -0.477 e. The summed E-state index contributed by atoms with van der Waals surface area (Å²) in [5.41, 5.74) is 2.07. The first-order chi connectivity index (χ1) is 7.58. The summed E-state index contributed by atoms with van der Waals surface area (Å²) >= 11 is 0. The lowest BCUT2D eigenvalue weighted by Crippen LogP contribution is -2.41. The lowest BCUT2D eigenvalue weighted by atomic mass is 10.2. The van der Waals surface area contributed by atoms with Crippen molar-refractivity contribution in [3.05, 3.63) is 12.4 Å². The monoisotopic (exact) mass is 226 g/mol. The van der Waals surface area contributed by atoms with Crippen LogP contribution >= 0.6 is 0 Å². The van der Waals surface area contributed by atoms with Gasteiger partial charge in [0.2, 0.25) is 0 Å². The molecule has 16 heavy (non-hydrogen) atoms. The Morgan fingerprint density at radius 1 is 1.69 bits per heavy atom. The van der Waals surface area contributed by atoms with Crippen molar-refractivity contribution in [1.29, 1.82) is 0 Å². The fourth-order valence-corrected chi connectivity index (χ4v) is 1.24. The van der Waals surface area contributed by atoms with Crippen LogP contribution in [0.1, 0.15) is 33.2 Å². The fraction of sp³-hybridized carbons (Fsp3) is 0.600. The molecule has 6 heteroatoms. The van der Waals surface area contributed by atoms with Crippen molar-refractivity contribution in [1.82, 2.24) is 15.2 Å². The third-order valence-electron chi connectivity index (χ3n) is 2.19. The highest BCUT2D eigenvalue weighted by molar-refractivity contribution is 5.80. The molecule has 0 saturated carbocycles. The molecular formula is C10H18N4O2. The van der Waals surface area contributed by atoms with Crippen LogP contribution < -0.4 is 16.0 Å². The summed E-state index contributed by atoms with van der Waals surface area (Å²) in [6, 6.07) is 0.265. The summed E-state index contributed by atoms with van der Waals surface area (Å²) < 4.78 is 7.24. The Bertz CT molecular complexity index is 348. The number of aromatic nitrogens is 2. The van der Waals surface area contributed by atoms with Gasteiger partial charge in [-0.05, 0) is 20.3 Å². The van der Waals surface area contributed by atoms with Crippen LogP contribution in [0, 0.1) is 0 Å². The normalized spacial score (nSPS) is 12.6. The van der Waals surface area contributed by atoms with Gasteiger partial charge in [0.05, 0.1) is 12.4 Å². The van der Waals surface area contributed by atoms with Crippen molar-refractivity contribution < 1.29 is 9.53 Å². The van der Waals surface area contributed by atoms with Gasteiger partial charge >= 0.3 is 0 Å². The van der Waals surface area contributed by atoms with Crippen molar-refractivity contribution in [2.24, 2.45) is 5.84 Å². The number of amides is 1. The van der Waals surface area contributed by atoms with E-state index in [9.17, 15) is 4.79 Å². The van der Waals surface area contributed by atoms with Crippen molar-refractivity contribution in [3.8, 4) is 5.75 Å². The Morgan fingerprint density at radius 2 is 2.38 bits per heavy atom. The molecule has 0 radical (unpaired) electrons. The van der Waals surface area contributed by atoms with Crippen LogP contribution in [-0.4, -0.2) is 21.8 Å². The summed E-state index contributed by atoms with van der Waals surface area (Å²) in [4.78, 5) is 11.3. The van der Waals surface area contributed by atoms with E-state index in [-0.39, 0.29) is 11.9 Å². The molecular weight excluding hydrogens is 208 g/mol. The molecule has 1 aromatic heterocycles. The molecule has 0 bridgehead atoms. The molecule has 0 aliphatic carbocycles. The maximum absolute atomic E-state index is 11.3. The second kappa shape index (κ2) is 5.50. The number of rotatable bonds is 5. The smallest absolute Gasteiger partial charge is 0.274 e. The van der Waals surface area contributed by atoms with Gasteiger partial charge in [-0.3, -0.25) is 14.9 Å². The molecule has 0 aromatic carbocycles. The number of nitrogens with zero attached hydrogens (tertiary/aromatic N) is 2. The van der Waals surface area contributed by atoms with Crippen LogP contribution in [0.5, 0.6) is 5.75 Å². The second-order valence-electron chi connectivity index (χ2n) is 3.77. The minimum absolute atomic E-state index is 0.265. The maximum atomic E-state index is 11.3. The molecule has 0 spiro atoms. The molecule has 1 aromatic rings. The molecule has 90 valence electrons. The number of carbonyl (C=O) groups is 1. The predicted octanol–water partition coefficient (Wildman–Crippen LogP) is 0.611. The SMILES string of the molecule is CCC(Oc1cnn(C(C)C)c1)C(=O)NN. The third kappa shape index (κ3) is 2.96. The Balaban J connectivity index is 2.67. The van der Waals surface area contributed by atoms with Gasteiger partial charge in [0.25, 0.3) is 5.91 Å². The summed E-state index contributed by atoms with van der Waals surface area (Å²) in [5.74, 6) is 5.29. The van der Waals surface area contributed by atoms with Crippen LogP contribution in [0.15, 0.2) is 12.4 Å². The van der Waals surface area contributed by atoms with E-state index in [0.717, 1.165) is 0 Å². The zero-order valence-electron chi connectivity index (χ0n) is 9.80. The Labute approximate surface area is 94.7 Å². The third-order valence-corrected chi connectivity index (χ3v) is 2.19. The fourth-order valence-electron chi connectivity index (χ4n) is 1.24. The van der Waals surface area contributed by atoms with Gasteiger partial charge < -0.3 is 4.74 Å². The van der Waals surface area contributed by atoms with Crippen LogP contribution in [0.25, 0.3) is 0 Å². The number of hydrogen-bond donors (Lipinski definition) is 2. The summed E-state index contributed by atoms with van der Waals surface area (Å²) in [6.07, 6.45) is 3.33. The molecule has 0 aliphatic heterocycles. The quantitative estimate of drug-likeness (QED) is 0.438. The molecule has 1 amide bonds. The molecule has 1 heterocycles. The first-order valence-corrected chi connectivity index (χ1v) is 5.29. The predicted molar refractivity (Wildman–Crippen MR) is 59.6 cm³/mol. The van der Waals surface area contributed by atoms with Crippen LogP contribution in [0.3, 0.4) is 0 Å². The standard InChI is InChI=1S/C10H18N4O2/c1-4-9(10(15)13-11)16-8-5-12-14(6-8)7(2)3/h5-7,9H,4,11H2,1-3H3,(H,13,15). The Hall–Kier alpha value is -1.56. The number of ether oxygens (including phenoxy) is 1. The molecule has 0 fully saturated rings. The highest BCUT2D eigenvalue weighted by atomic mass is 16.5. The Morgan fingerprint density at radius 3 is 2.81 bits per heavy atom. The number of carbonyl (C=O) groups excluding carboxylic acids is 1. The number of hydrazine groups is 1. The van der Waals surface area contributed by atoms with E-state index in [2.05, 4.69) is 10.5 Å². The first kappa shape index (κ1) is 12.5. The van der Waals surface area contributed by atoms with E-state index in [1.807, 2.05) is 20.8 Å². The van der Waals surface area contributed by atoms with Crippen LogP contribution in [0.4, 0.5) is 0 Å². The zero-order valence-corrected chi connectivity index (χ0v) is 9.80. The number of nitrogens with one attached hydrogen (secondary N) is 1. The lowest BCUT2D eigenvalue weighted by molar-refractivity contribution is -0.128. The van der Waals surface area contributed by atoms with E-state index in [4.69, 9.17) is 10.6 Å². The Kier molecular flexibility index (Phi) is 4.30. The van der Waals surface area contributed by atoms with Crippen molar-refractivity contribution in [2.75, 3.05) is 0 Å².